The molecule has 0 N–H and O–H groups in total. The summed E-state index contributed by atoms with van der Waals surface area (Å²) in [6.45, 7) is 0. The van der Waals surface area contributed by atoms with Crippen molar-refractivity contribution in [1.82, 2.24) is 44.9 Å². The SMILES string of the molecule is c1ccc(-c2nc(-c3ccc4c(ccc5ccc6ccccc6c54)c3)nc(-c3cccc4oc5ccccc5c34)n2)cc1.c1ccc(-c2nc(-c3ccc4c(ccc5ccc6ccccc6c54)c3)nc(-c3cccc4sc5ccccc5c34)n2)cc1.c1ccc(-c2nc(-c3cccc4c3ccc3ccc5ccccc5c34)nc(-c3cccc4oc5ccccc5c34)n2)cc1. The van der Waals surface area contributed by atoms with E-state index in [1.54, 1.807) is 11.3 Å². The van der Waals surface area contributed by atoms with E-state index in [9.17, 15) is 0 Å². The Bertz CT molecular complexity index is 8880. The number of para-hydroxylation sites is 2. The molecule has 0 aliphatic heterocycles. The Hall–Kier alpha value is -17.2. The maximum Gasteiger partial charge on any atom is 0.164 e. The fourth-order valence-corrected chi connectivity index (χ4v) is 20.0. The van der Waals surface area contributed by atoms with E-state index >= 15 is 0 Å². The van der Waals surface area contributed by atoms with E-state index in [4.69, 9.17) is 53.7 Å². The lowest BCUT2D eigenvalue weighted by atomic mass is 9.94. The zero-order valence-electron chi connectivity index (χ0n) is 69.1. The van der Waals surface area contributed by atoms with Crippen molar-refractivity contribution in [3.63, 3.8) is 0 Å². The van der Waals surface area contributed by atoms with Crippen molar-refractivity contribution >= 4 is 172 Å². The molecular formula is C117H69N9O2S. The van der Waals surface area contributed by atoms with Crippen molar-refractivity contribution in [3.05, 3.63) is 419 Å². The second kappa shape index (κ2) is 30.9. The Balaban J connectivity index is 0.000000105. The summed E-state index contributed by atoms with van der Waals surface area (Å²) >= 11 is 1.80. The fraction of sp³-hybridized carbons (Fsp3) is 0. The van der Waals surface area contributed by atoms with Crippen molar-refractivity contribution < 1.29 is 8.83 Å². The standard InChI is InChI=1S/2C39H23N3O.C39H23N3S/c1-2-11-26(12-3-1)37-40-38(42-39(41-37)32-17-9-19-34-36(32)31-14-6-7-18-33(31)43-34)30-16-8-15-29-28(30)23-22-25-21-20-24-10-4-5-13-27(24)35(25)29;2*1-2-10-26(11-3-1)37-40-38(42-39(41-37)32-14-8-16-34-36(32)31-13-6-7-15-33(31)43-34)28-21-22-30-27(23-28)20-19-25-18-17-24-9-4-5-12-29(24)35(25)30/h3*1-23H. The average molecular weight is 1660 g/mol. The summed E-state index contributed by atoms with van der Waals surface area (Å²) in [5.41, 5.74) is 11.9. The number of hydrogen-bond acceptors (Lipinski definition) is 12. The molecule has 21 aromatic carbocycles. The maximum atomic E-state index is 6.21. The Kier molecular flexibility index (Phi) is 17.9. The van der Waals surface area contributed by atoms with Gasteiger partial charge >= 0.3 is 0 Å². The lowest BCUT2D eigenvalue weighted by molar-refractivity contribution is 0.668. The summed E-state index contributed by atoms with van der Waals surface area (Å²) < 4.78 is 14.9. The molecule has 11 nitrogen and oxygen atoms in total. The average Bonchev–Trinajstić information content (AvgIpc) is 1.62. The van der Waals surface area contributed by atoms with Gasteiger partial charge in [0, 0.05) is 91.8 Å². The molecule has 0 spiro atoms. The third-order valence-corrected chi connectivity index (χ3v) is 26.0. The minimum Gasteiger partial charge on any atom is -0.456 e. The molecule has 129 heavy (non-hydrogen) atoms. The van der Waals surface area contributed by atoms with Crippen LogP contribution in [-0.4, -0.2) is 44.9 Å². The first kappa shape index (κ1) is 74.4. The highest BCUT2D eigenvalue weighted by Crippen LogP contribution is 2.45. The molecule has 0 saturated carbocycles. The van der Waals surface area contributed by atoms with Gasteiger partial charge in [-0.1, -0.05) is 370 Å². The van der Waals surface area contributed by atoms with Gasteiger partial charge in [-0.3, -0.25) is 0 Å². The summed E-state index contributed by atoms with van der Waals surface area (Å²) in [4.78, 5) is 45.6. The number of furan rings is 2. The molecule has 0 saturated heterocycles. The molecule has 0 aliphatic rings. The summed E-state index contributed by atoms with van der Waals surface area (Å²) in [6.07, 6.45) is 0. The van der Waals surface area contributed by atoms with Gasteiger partial charge in [-0.15, -0.1) is 11.3 Å². The largest absolute Gasteiger partial charge is 0.456 e. The molecular weight excluding hydrogens is 1600 g/mol. The Morgan fingerprint density at radius 3 is 0.899 bits per heavy atom. The van der Waals surface area contributed by atoms with Gasteiger partial charge in [-0.05, 0) is 145 Å². The molecule has 0 fully saturated rings. The van der Waals surface area contributed by atoms with Crippen LogP contribution in [0.2, 0.25) is 0 Å². The van der Waals surface area contributed by atoms with Gasteiger partial charge in [0.05, 0.1) is 0 Å². The Labute approximate surface area is 742 Å². The van der Waals surface area contributed by atoms with Crippen LogP contribution in [0.1, 0.15) is 0 Å². The highest BCUT2D eigenvalue weighted by atomic mass is 32.1. The highest BCUT2D eigenvalue weighted by Gasteiger charge is 2.24. The van der Waals surface area contributed by atoms with Crippen molar-refractivity contribution in [2.45, 2.75) is 0 Å². The normalized spacial score (nSPS) is 11.7. The number of fused-ring (bicyclic) bond motifs is 24. The van der Waals surface area contributed by atoms with E-state index < -0.39 is 0 Å². The molecule has 6 heterocycles. The molecule has 0 radical (unpaired) electrons. The Morgan fingerprint density at radius 2 is 0.434 bits per heavy atom. The molecule has 27 rings (SSSR count). The van der Waals surface area contributed by atoms with Gasteiger partial charge in [0.15, 0.2) is 52.4 Å². The minimum absolute atomic E-state index is 0.615. The van der Waals surface area contributed by atoms with Crippen LogP contribution in [-0.2, 0) is 0 Å². The van der Waals surface area contributed by atoms with E-state index in [-0.39, 0.29) is 0 Å². The zero-order chi connectivity index (χ0) is 85.0. The predicted molar refractivity (Wildman–Crippen MR) is 533 cm³/mol. The van der Waals surface area contributed by atoms with Crippen molar-refractivity contribution in [2.24, 2.45) is 0 Å². The molecule has 0 atom stereocenters. The molecule has 6 aromatic heterocycles. The second-order valence-corrected chi connectivity index (χ2v) is 33.6. The van der Waals surface area contributed by atoms with Crippen LogP contribution in [0.4, 0.5) is 0 Å². The van der Waals surface area contributed by atoms with Gasteiger partial charge in [-0.25, -0.2) is 44.9 Å². The monoisotopic (exact) mass is 1660 g/mol. The molecule has 12 heteroatoms. The second-order valence-electron chi connectivity index (χ2n) is 32.5. The van der Waals surface area contributed by atoms with Crippen LogP contribution in [0.5, 0.6) is 0 Å². The van der Waals surface area contributed by atoms with Crippen LogP contribution in [0.15, 0.2) is 427 Å². The van der Waals surface area contributed by atoms with E-state index in [1.807, 2.05) is 140 Å². The van der Waals surface area contributed by atoms with Gasteiger partial charge < -0.3 is 8.83 Å². The highest BCUT2D eigenvalue weighted by molar-refractivity contribution is 7.26. The minimum atomic E-state index is 0.615. The number of aromatic nitrogens is 9. The van der Waals surface area contributed by atoms with Crippen molar-refractivity contribution in [2.75, 3.05) is 0 Å². The van der Waals surface area contributed by atoms with E-state index in [0.29, 0.717) is 52.4 Å². The van der Waals surface area contributed by atoms with Crippen molar-refractivity contribution in [3.8, 4) is 102 Å². The van der Waals surface area contributed by atoms with Gasteiger partial charge in [0.25, 0.3) is 0 Å². The lowest BCUT2D eigenvalue weighted by Gasteiger charge is -2.13. The zero-order valence-corrected chi connectivity index (χ0v) is 69.9. The van der Waals surface area contributed by atoms with E-state index in [2.05, 4.69) is 279 Å². The third-order valence-electron chi connectivity index (χ3n) is 24.9. The molecule has 0 aliphatic carbocycles. The molecule has 0 unspecified atom stereocenters. The summed E-state index contributed by atoms with van der Waals surface area (Å²) in [5.74, 6) is 5.79. The van der Waals surface area contributed by atoms with Crippen LogP contribution in [0, 0.1) is 0 Å². The number of rotatable bonds is 9. The van der Waals surface area contributed by atoms with Gasteiger partial charge in [-0.2, -0.15) is 0 Å². The summed E-state index contributed by atoms with van der Waals surface area (Å²) in [7, 11) is 0. The third kappa shape index (κ3) is 13.1. The lowest BCUT2D eigenvalue weighted by Crippen LogP contribution is -2.01. The number of benzene rings is 21. The first-order valence-corrected chi connectivity index (χ1v) is 43.9. The number of hydrogen-bond donors (Lipinski definition) is 0. The fourth-order valence-electron chi connectivity index (χ4n) is 18.9. The molecule has 0 amide bonds. The topological polar surface area (TPSA) is 142 Å². The number of thiophene rings is 1. The van der Waals surface area contributed by atoms with Crippen LogP contribution in [0.3, 0.4) is 0 Å². The van der Waals surface area contributed by atoms with Crippen molar-refractivity contribution in [1.29, 1.82) is 0 Å². The predicted octanol–water partition coefficient (Wildman–Crippen LogP) is 31.2. The van der Waals surface area contributed by atoms with E-state index in [0.717, 1.165) is 110 Å². The molecule has 27 aromatic rings. The quantitative estimate of drug-likeness (QED) is 0.127. The van der Waals surface area contributed by atoms with Gasteiger partial charge in [0.2, 0.25) is 0 Å². The summed E-state index contributed by atoms with van der Waals surface area (Å²) in [5, 5.41) is 28.5. The molecule has 0 bridgehead atoms. The molecule has 600 valence electrons. The van der Waals surface area contributed by atoms with Gasteiger partial charge in [0.1, 0.15) is 22.3 Å². The maximum absolute atomic E-state index is 6.21. The van der Waals surface area contributed by atoms with Crippen LogP contribution in [0.25, 0.3) is 263 Å². The Morgan fingerprint density at radius 1 is 0.147 bits per heavy atom. The number of nitrogens with zero attached hydrogens (tertiary/aromatic N) is 9. The first-order chi connectivity index (χ1) is 63.9. The van der Waals surface area contributed by atoms with Crippen LogP contribution >= 0.6 is 11.3 Å². The van der Waals surface area contributed by atoms with E-state index in [1.165, 1.54) is 101 Å². The smallest absolute Gasteiger partial charge is 0.164 e. The van der Waals surface area contributed by atoms with Crippen LogP contribution < -0.4 is 0 Å². The first-order valence-electron chi connectivity index (χ1n) is 43.1. The summed E-state index contributed by atoms with van der Waals surface area (Å²) in [6, 6.07) is 145.